The third-order valence-corrected chi connectivity index (χ3v) is 21.9. The van der Waals surface area contributed by atoms with Crippen molar-refractivity contribution in [2.75, 3.05) is 33.5 Å². The van der Waals surface area contributed by atoms with Crippen molar-refractivity contribution in [2.24, 2.45) is 0 Å². The van der Waals surface area contributed by atoms with Crippen LogP contribution in [0.15, 0.2) is 303 Å². The van der Waals surface area contributed by atoms with Gasteiger partial charge in [-0.05, 0) is 57.0 Å². The summed E-state index contributed by atoms with van der Waals surface area (Å²) in [6.45, 7) is 3.55. The van der Waals surface area contributed by atoms with E-state index in [9.17, 15) is 9.59 Å². The summed E-state index contributed by atoms with van der Waals surface area (Å²) in [5.74, 6) is -1.19. The SMILES string of the molecule is COC(=O)CO[C@H]1O[C@H](COCc2ccccc2)[C@H](OCc2ccccc2)[C@H](O[C@@H]2O[C@@H]3COC(c4ccccc4)O[C@@H]3[C@H](O[C@@H]3O[C@H](COCc4ccccc4)[C@H](OCc4ccccc4)[C@H](OCc4ccccc4)[C@H]3O[C@@H]3O[C@@H](C)[C@@H](OCc4ccccc4)[C@@H](OCc4ccccc4)[C@@H]3OCc3ccccc3)[C@H]2NC(C)=O)[C@H]1OCc1ccccc1. The third-order valence-electron chi connectivity index (χ3n) is 21.9. The lowest BCUT2D eigenvalue weighted by Crippen LogP contribution is -2.71. The zero-order valence-corrected chi connectivity index (χ0v) is 68.7. The molecule has 5 saturated heterocycles. The van der Waals surface area contributed by atoms with Crippen LogP contribution in [0.3, 0.4) is 0 Å². The zero-order chi connectivity index (χ0) is 83.4. The van der Waals surface area contributed by atoms with Gasteiger partial charge in [0.2, 0.25) is 5.91 Å². The van der Waals surface area contributed by atoms with Crippen LogP contribution in [-0.2, 0) is 164 Å². The number of ether oxygens (including phenoxy) is 20. The summed E-state index contributed by atoms with van der Waals surface area (Å²) in [7, 11) is 1.27. The molecule has 0 aromatic heterocycles. The van der Waals surface area contributed by atoms with E-state index in [0.29, 0.717) is 5.56 Å². The van der Waals surface area contributed by atoms with Gasteiger partial charge in [-0.3, -0.25) is 4.79 Å². The molecule has 5 aliphatic rings. The molecule has 640 valence electrons. The molecule has 23 nitrogen and oxygen atoms in total. The van der Waals surface area contributed by atoms with E-state index in [0.717, 1.165) is 50.1 Å². The Kier molecular flexibility index (Phi) is 32.3. The summed E-state index contributed by atoms with van der Waals surface area (Å²) in [6.07, 6.45) is -23.1. The predicted octanol–water partition coefficient (Wildman–Crippen LogP) is 14.4. The highest BCUT2D eigenvalue weighted by Gasteiger charge is 2.60. The van der Waals surface area contributed by atoms with E-state index < -0.39 is 148 Å². The second kappa shape index (κ2) is 45.1. The van der Waals surface area contributed by atoms with Crippen LogP contribution in [-0.4, -0.2) is 168 Å². The van der Waals surface area contributed by atoms with Gasteiger partial charge in [-0.1, -0.05) is 303 Å². The fourth-order valence-corrected chi connectivity index (χ4v) is 15.8. The predicted molar refractivity (Wildman–Crippen MR) is 448 cm³/mol. The van der Waals surface area contributed by atoms with E-state index in [4.69, 9.17) is 94.7 Å². The Labute approximate surface area is 712 Å². The minimum absolute atomic E-state index is 0.00383. The first kappa shape index (κ1) is 87.3. The van der Waals surface area contributed by atoms with Crippen molar-refractivity contribution in [3.05, 3.63) is 359 Å². The molecule has 10 aromatic carbocycles. The number of rotatable bonds is 40. The van der Waals surface area contributed by atoms with Crippen LogP contribution in [0.25, 0.3) is 0 Å². The van der Waals surface area contributed by atoms with Crippen LogP contribution in [0.1, 0.15) is 75.8 Å². The largest absolute Gasteiger partial charge is 0.467 e. The van der Waals surface area contributed by atoms with Gasteiger partial charge < -0.3 is 100 Å². The zero-order valence-electron chi connectivity index (χ0n) is 68.7. The number of benzene rings is 10. The van der Waals surface area contributed by atoms with Gasteiger partial charge in [0, 0.05) is 12.5 Å². The first-order chi connectivity index (χ1) is 60.1. The second-order valence-electron chi connectivity index (χ2n) is 30.8. The molecule has 5 fully saturated rings. The number of hydrogen-bond donors (Lipinski definition) is 1. The van der Waals surface area contributed by atoms with Gasteiger partial charge in [-0.2, -0.15) is 0 Å². The molecule has 10 aromatic rings. The van der Waals surface area contributed by atoms with Gasteiger partial charge in [0.1, 0.15) is 98.1 Å². The van der Waals surface area contributed by atoms with E-state index >= 15 is 0 Å². The first-order valence-electron chi connectivity index (χ1n) is 41.8. The van der Waals surface area contributed by atoms with Crippen LogP contribution in [0.2, 0.25) is 0 Å². The highest BCUT2D eigenvalue weighted by Crippen LogP contribution is 2.43. The number of methoxy groups -OCH3 is 1. The van der Waals surface area contributed by atoms with E-state index in [1.807, 2.05) is 310 Å². The van der Waals surface area contributed by atoms with Gasteiger partial charge in [-0.15, -0.1) is 0 Å². The molecule has 5 heterocycles. The fraction of sp³-hybridized carbons (Fsp3) is 0.374. The number of hydrogen-bond acceptors (Lipinski definition) is 22. The molecule has 0 bridgehead atoms. The number of carbonyl (C=O) groups excluding carboxylic acids is 2. The molecule has 0 saturated carbocycles. The van der Waals surface area contributed by atoms with Gasteiger partial charge in [-0.25, -0.2) is 4.79 Å². The summed E-state index contributed by atoms with van der Waals surface area (Å²) in [6, 6.07) is 96.4. The summed E-state index contributed by atoms with van der Waals surface area (Å²) in [5.41, 5.74) is 8.54. The topological polar surface area (TPSA) is 231 Å². The van der Waals surface area contributed by atoms with Crippen LogP contribution >= 0.6 is 0 Å². The Balaban J connectivity index is 0.879. The number of fused-ring (bicyclic) bond motifs is 1. The Morgan fingerprint density at radius 1 is 0.328 bits per heavy atom. The minimum atomic E-state index is -1.57. The van der Waals surface area contributed by atoms with E-state index in [-0.39, 0.29) is 79.3 Å². The lowest BCUT2D eigenvalue weighted by Gasteiger charge is -2.54. The highest BCUT2D eigenvalue weighted by molar-refractivity contribution is 5.73. The standard InChI is InChI=1S/C99H107NO22/c1-67-84(106-56-71-38-18-6-19-39-71)89(109-59-74-44-24-9-25-45-74)92(111-61-76-48-28-11-29-49-76)98(115-67)122-94-90(110-60-75-46-26-10-27-47-75)85(107-57-72-40-20-7-21-41-72)79(63-104-54-69-34-14-4-15-35-69)118-99(94)120-88-83(100-68(2)101)96(116-81-65-113-95(119-87(81)88)78-52-32-13-33-53-78)121-91-86(108-58-73-42-22-8-23-43-73)80(64-105-55-70-36-16-5-17-37-70)117-97(114-66-82(102)103-3)93(91)112-62-77-50-30-12-31-51-77/h4-53,67,79-81,83-99H,54-66H2,1-3H3,(H,100,101)/t67-,79+,80+,81+,83+,84+,85-,86-,87-,88+,89+,90-,91-,92-,93+,94+,95?,96-,97-,98-,99-/m0/s1. The Morgan fingerprint density at radius 2 is 0.656 bits per heavy atom. The molecule has 0 aliphatic carbocycles. The summed E-state index contributed by atoms with van der Waals surface area (Å²) >= 11 is 0. The first-order valence-corrected chi connectivity index (χ1v) is 41.8. The molecule has 5 aliphatic heterocycles. The van der Waals surface area contributed by atoms with Crippen molar-refractivity contribution in [1.82, 2.24) is 5.32 Å². The lowest BCUT2D eigenvalue weighted by atomic mass is 9.93. The monoisotopic (exact) mass is 1660 g/mol. The van der Waals surface area contributed by atoms with Crippen LogP contribution in [0, 0.1) is 0 Å². The lowest BCUT2D eigenvalue weighted by molar-refractivity contribution is -0.410. The smallest absolute Gasteiger partial charge is 0.331 e. The van der Waals surface area contributed by atoms with Crippen molar-refractivity contribution in [3.63, 3.8) is 0 Å². The normalized spacial score (nSPS) is 27.7. The molecule has 15 rings (SSSR count). The molecular weight excluding hydrogens is 1560 g/mol. The van der Waals surface area contributed by atoms with Crippen LogP contribution in [0.5, 0.6) is 0 Å². The molecule has 21 atom stereocenters. The Morgan fingerprint density at radius 3 is 1.07 bits per heavy atom. The summed E-state index contributed by atoms with van der Waals surface area (Å²) in [5, 5.41) is 3.27. The van der Waals surface area contributed by atoms with E-state index in [2.05, 4.69) is 5.32 Å². The summed E-state index contributed by atoms with van der Waals surface area (Å²) < 4.78 is 143. The van der Waals surface area contributed by atoms with Gasteiger partial charge in [0.25, 0.3) is 0 Å². The van der Waals surface area contributed by atoms with Crippen molar-refractivity contribution < 1.29 is 104 Å². The molecular formula is C99H107NO22. The van der Waals surface area contributed by atoms with E-state index in [1.165, 1.54) is 14.0 Å². The minimum Gasteiger partial charge on any atom is -0.467 e. The highest BCUT2D eigenvalue weighted by atomic mass is 16.8. The fourth-order valence-electron chi connectivity index (χ4n) is 15.8. The van der Waals surface area contributed by atoms with Crippen molar-refractivity contribution >= 4 is 11.9 Å². The molecule has 23 heteroatoms. The maximum atomic E-state index is 14.8. The Bertz CT molecular complexity index is 4670. The molecule has 1 amide bonds. The van der Waals surface area contributed by atoms with Gasteiger partial charge in [0.05, 0.1) is 92.5 Å². The average molecular weight is 1660 g/mol. The number of carbonyl (C=O) groups is 2. The third kappa shape index (κ3) is 24.2. The maximum Gasteiger partial charge on any atom is 0.331 e. The van der Waals surface area contributed by atoms with Gasteiger partial charge in [0.15, 0.2) is 31.5 Å². The average Bonchev–Trinajstić information content (AvgIpc) is 0.745. The Hall–Kier alpha value is -9.62. The molecule has 1 N–H and O–H groups in total. The van der Waals surface area contributed by atoms with E-state index in [1.54, 1.807) is 0 Å². The van der Waals surface area contributed by atoms with Crippen molar-refractivity contribution in [1.29, 1.82) is 0 Å². The number of amides is 1. The van der Waals surface area contributed by atoms with Crippen LogP contribution in [0.4, 0.5) is 0 Å². The van der Waals surface area contributed by atoms with Crippen molar-refractivity contribution in [3.8, 4) is 0 Å². The summed E-state index contributed by atoms with van der Waals surface area (Å²) in [4.78, 5) is 28.2. The van der Waals surface area contributed by atoms with Crippen LogP contribution < -0.4 is 5.32 Å². The molecule has 0 radical (unpaired) electrons. The van der Waals surface area contributed by atoms with Crippen molar-refractivity contribution in [2.45, 2.75) is 202 Å². The van der Waals surface area contributed by atoms with Gasteiger partial charge >= 0.3 is 5.97 Å². The molecule has 122 heavy (non-hydrogen) atoms. The molecule has 1 unspecified atom stereocenters. The second-order valence-corrected chi connectivity index (χ2v) is 30.8. The number of esters is 1. The maximum absolute atomic E-state index is 14.8. The quantitative estimate of drug-likeness (QED) is 0.0352. The number of nitrogens with one attached hydrogen (secondary N) is 1. The molecule has 0 spiro atoms.